The molecule has 0 fully saturated rings. The van der Waals surface area contributed by atoms with Crippen molar-refractivity contribution in [1.29, 1.82) is 5.26 Å². The minimum Gasteiger partial charge on any atom is -0.378 e. The lowest BCUT2D eigenvalue weighted by Crippen LogP contribution is -2.23. The molecule has 1 atom stereocenters. The van der Waals surface area contributed by atoms with Crippen molar-refractivity contribution in [3.8, 4) is 6.07 Å². The van der Waals surface area contributed by atoms with Crippen LogP contribution in [0, 0.1) is 11.3 Å². The number of aliphatic hydroxyl groups is 1. The Morgan fingerprint density at radius 1 is 1.70 bits per heavy atom. The quantitative estimate of drug-likeness (QED) is 0.254. The third-order valence-electron chi connectivity index (χ3n) is 0.846. The first-order chi connectivity index (χ1) is 4.66. The van der Waals surface area contributed by atoms with E-state index >= 15 is 0 Å². The zero-order chi connectivity index (χ0) is 7.98. The smallest absolute Gasteiger partial charge is 0.185 e. The van der Waals surface area contributed by atoms with Gasteiger partial charge in [0.15, 0.2) is 5.96 Å². The number of guanidine groups is 1. The molecule has 0 heterocycles. The minimum atomic E-state index is -0.969. The SMILES string of the molecule is N#CC(O)CCN=C(N)N. The van der Waals surface area contributed by atoms with Crippen molar-refractivity contribution in [2.45, 2.75) is 12.5 Å². The van der Waals surface area contributed by atoms with Crippen molar-refractivity contribution in [1.82, 2.24) is 0 Å². The van der Waals surface area contributed by atoms with Crippen LogP contribution < -0.4 is 11.5 Å². The highest BCUT2D eigenvalue weighted by atomic mass is 16.3. The summed E-state index contributed by atoms with van der Waals surface area (Å²) in [6.45, 7) is 0.289. The average Bonchev–Trinajstić information content (AvgIpc) is 1.87. The van der Waals surface area contributed by atoms with Gasteiger partial charge in [-0.2, -0.15) is 5.26 Å². The first-order valence-corrected chi connectivity index (χ1v) is 2.80. The third kappa shape index (κ3) is 4.87. The molecule has 56 valence electrons. The van der Waals surface area contributed by atoms with Crippen molar-refractivity contribution in [3.05, 3.63) is 0 Å². The van der Waals surface area contributed by atoms with Gasteiger partial charge in [0.25, 0.3) is 0 Å². The molecule has 0 aromatic rings. The van der Waals surface area contributed by atoms with Crippen LogP contribution in [-0.2, 0) is 0 Å². The van der Waals surface area contributed by atoms with Gasteiger partial charge in [0.1, 0.15) is 6.10 Å². The number of aliphatic imine (C=N–C) groups is 1. The largest absolute Gasteiger partial charge is 0.378 e. The molecule has 0 aromatic heterocycles. The van der Waals surface area contributed by atoms with Gasteiger partial charge in [0, 0.05) is 13.0 Å². The molecular weight excluding hydrogens is 132 g/mol. The van der Waals surface area contributed by atoms with Crippen LogP contribution in [0.15, 0.2) is 4.99 Å². The van der Waals surface area contributed by atoms with Crippen LogP contribution >= 0.6 is 0 Å². The summed E-state index contributed by atoms with van der Waals surface area (Å²) < 4.78 is 0. The van der Waals surface area contributed by atoms with E-state index in [0.29, 0.717) is 0 Å². The van der Waals surface area contributed by atoms with Gasteiger partial charge >= 0.3 is 0 Å². The van der Waals surface area contributed by atoms with E-state index in [0.717, 1.165) is 0 Å². The van der Waals surface area contributed by atoms with Crippen molar-refractivity contribution in [2.24, 2.45) is 16.5 Å². The van der Waals surface area contributed by atoms with Gasteiger partial charge in [0.05, 0.1) is 6.07 Å². The molecule has 0 amide bonds. The first kappa shape index (κ1) is 8.72. The maximum atomic E-state index is 8.66. The van der Waals surface area contributed by atoms with Crippen LogP contribution in [0.5, 0.6) is 0 Å². The average molecular weight is 142 g/mol. The van der Waals surface area contributed by atoms with E-state index < -0.39 is 6.10 Å². The monoisotopic (exact) mass is 142 g/mol. The van der Waals surface area contributed by atoms with Crippen LogP contribution in [0.2, 0.25) is 0 Å². The molecule has 0 radical (unpaired) electrons. The predicted molar refractivity (Wildman–Crippen MR) is 36.9 cm³/mol. The Kier molecular flexibility index (Phi) is 4.00. The van der Waals surface area contributed by atoms with Crippen LogP contribution in [0.25, 0.3) is 0 Å². The molecule has 0 aliphatic carbocycles. The molecule has 0 rings (SSSR count). The Labute approximate surface area is 59.0 Å². The van der Waals surface area contributed by atoms with E-state index in [9.17, 15) is 0 Å². The topological polar surface area (TPSA) is 108 Å². The Hall–Kier alpha value is -1.28. The zero-order valence-corrected chi connectivity index (χ0v) is 5.49. The zero-order valence-electron chi connectivity index (χ0n) is 5.49. The highest BCUT2D eigenvalue weighted by molar-refractivity contribution is 5.75. The summed E-state index contributed by atoms with van der Waals surface area (Å²) in [7, 11) is 0. The number of nitrogens with zero attached hydrogens (tertiary/aromatic N) is 2. The fraction of sp³-hybridized carbons (Fsp3) is 0.600. The molecule has 5 heteroatoms. The summed E-state index contributed by atoms with van der Waals surface area (Å²) in [4.78, 5) is 3.57. The van der Waals surface area contributed by atoms with Crippen LogP contribution in [0.1, 0.15) is 6.42 Å². The lowest BCUT2D eigenvalue weighted by atomic mass is 10.3. The van der Waals surface area contributed by atoms with Gasteiger partial charge in [0.2, 0.25) is 0 Å². The molecule has 0 saturated carbocycles. The van der Waals surface area contributed by atoms with Crippen LogP contribution in [-0.4, -0.2) is 23.7 Å². The second-order valence-electron chi connectivity index (χ2n) is 1.74. The molecule has 1 unspecified atom stereocenters. The van der Waals surface area contributed by atoms with Gasteiger partial charge in [-0.15, -0.1) is 0 Å². The third-order valence-corrected chi connectivity index (χ3v) is 0.846. The van der Waals surface area contributed by atoms with E-state index in [4.69, 9.17) is 21.8 Å². The Morgan fingerprint density at radius 2 is 2.30 bits per heavy atom. The molecule has 5 N–H and O–H groups in total. The van der Waals surface area contributed by atoms with Gasteiger partial charge in [-0.25, -0.2) is 0 Å². The summed E-state index contributed by atoms with van der Waals surface area (Å²) in [6, 6.07) is 1.64. The molecular formula is C5H10N4O. The lowest BCUT2D eigenvalue weighted by Gasteiger charge is -1.96. The summed E-state index contributed by atoms with van der Waals surface area (Å²) in [5.41, 5.74) is 9.97. The van der Waals surface area contributed by atoms with Gasteiger partial charge in [-0.05, 0) is 0 Å². The van der Waals surface area contributed by atoms with Crippen molar-refractivity contribution >= 4 is 5.96 Å². The van der Waals surface area contributed by atoms with Crippen molar-refractivity contribution in [2.75, 3.05) is 6.54 Å². The summed E-state index contributed by atoms with van der Waals surface area (Å²) >= 11 is 0. The second-order valence-corrected chi connectivity index (χ2v) is 1.74. The minimum absolute atomic E-state index is 0.0230. The molecule has 0 aliphatic rings. The predicted octanol–water partition coefficient (Wildman–Crippen LogP) is -1.47. The maximum absolute atomic E-state index is 8.66. The summed E-state index contributed by atoms with van der Waals surface area (Å²) in [5.74, 6) is -0.0230. The number of hydrogen-bond acceptors (Lipinski definition) is 3. The number of hydrogen-bond donors (Lipinski definition) is 3. The normalized spacial score (nSPS) is 11.6. The summed E-state index contributed by atoms with van der Waals surface area (Å²) in [5, 5.41) is 16.7. The summed E-state index contributed by atoms with van der Waals surface area (Å²) in [6.07, 6.45) is -0.697. The van der Waals surface area contributed by atoms with E-state index in [1.54, 1.807) is 6.07 Å². The fourth-order valence-electron chi connectivity index (χ4n) is 0.380. The number of rotatable bonds is 3. The van der Waals surface area contributed by atoms with E-state index in [1.165, 1.54) is 0 Å². The maximum Gasteiger partial charge on any atom is 0.185 e. The molecule has 10 heavy (non-hydrogen) atoms. The Morgan fingerprint density at radius 3 is 2.70 bits per heavy atom. The molecule has 0 saturated heterocycles. The highest BCUT2D eigenvalue weighted by Gasteiger charge is 1.98. The Bertz CT molecular complexity index is 156. The second kappa shape index (κ2) is 4.58. The Balaban J connectivity index is 3.39. The number of nitriles is 1. The van der Waals surface area contributed by atoms with E-state index in [-0.39, 0.29) is 18.9 Å². The number of aliphatic hydroxyl groups excluding tert-OH is 1. The standard InChI is InChI=1S/C5H10N4O/c6-3-4(10)1-2-9-5(7)8/h4,10H,1-2H2,(H4,7,8,9). The highest BCUT2D eigenvalue weighted by Crippen LogP contribution is 1.88. The van der Waals surface area contributed by atoms with E-state index in [2.05, 4.69) is 4.99 Å². The van der Waals surface area contributed by atoms with Crippen LogP contribution in [0.4, 0.5) is 0 Å². The van der Waals surface area contributed by atoms with Gasteiger partial charge < -0.3 is 16.6 Å². The van der Waals surface area contributed by atoms with Crippen molar-refractivity contribution < 1.29 is 5.11 Å². The number of nitrogens with two attached hydrogens (primary N) is 2. The first-order valence-electron chi connectivity index (χ1n) is 2.80. The molecule has 0 aliphatic heterocycles. The molecule has 0 bridgehead atoms. The van der Waals surface area contributed by atoms with Gasteiger partial charge in [-0.1, -0.05) is 0 Å². The van der Waals surface area contributed by atoms with E-state index in [1.807, 2.05) is 0 Å². The lowest BCUT2D eigenvalue weighted by molar-refractivity contribution is 0.222. The van der Waals surface area contributed by atoms with Crippen LogP contribution in [0.3, 0.4) is 0 Å². The van der Waals surface area contributed by atoms with Gasteiger partial charge in [-0.3, -0.25) is 4.99 Å². The van der Waals surface area contributed by atoms with Crippen molar-refractivity contribution in [3.63, 3.8) is 0 Å². The fourth-order valence-corrected chi connectivity index (χ4v) is 0.380. The molecule has 0 aromatic carbocycles. The molecule has 5 nitrogen and oxygen atoms in total. The molecule has 0 spiro atoms.